The fourth-order valence-electron chi connectivity index (χ4n) is 1.98. The molecule has 0 aliphatic carbocycles. The highest BCUT2D eigenvalue weighted by Gasteiger charge is 2.05. The minimum Gasteiger partial charge on any atom is -0.393 e. The molecule has 1 N–H and O–H groups in total. The van der Waals surface area contributed by atoms with Gasteiger partial charge in [-0.05, 0) is 45.2 Å². The zero-order valence-corrected chi connectivity index (χ0v) is 10.8. The van der Waals surface area contributed by atoms with Gasteiger partial charge in [0.1, 0.15) is 0 Å². The van der Waals surface area contributed by atoms with Crippen LogP contribution in [0.15, 0.2) is 18.2 Å². The van der Waals surface area contributed by atoms with Gasteiger partial charge in [0.2, 0.25) is 0 Å². The van der Waals surface area contributed by atoms with Crippen molar-refractivity contribution >= 4 is 5.69 Å². The van der Waals surface area contributed by atoms with E-state index in [1.165, 1.54) is 16.8 Å². The average molecular weight is 221 g/mol. The SMILES string of the molecule is Cc1ccc(N(C)CCCC(C)O)c(C)c1. The summed E-state index contributed by atoms with van der Waals surface area (Å²) in [4.78, 5) is 2.26. The minimum absolute atomic E-state index is 0.187. The second kappa shape index (κ2) is 5.90. The summed E-state index contributed by atoms with van der Waals surface area (Å²) in [5, 5.41) is 9.21. The van der Waals surface area contributed by atoms with Crippen LogP contribution in [0, 0.1) is 13.8 Å². The maximum atomic E-state index is 9.21. The van der Waals surface area contributed by atoms with Crippen molar-refractivity contribution in [1.29, 1.82) is 0 Å². The molecule has 2 heteroatoms. The lowest BCUT2D eigenvalue weighted by Crippen LogP contribution is -2.20. The molecule has 1 unspecified atom stereocenters. The fourth-order valence-corrected chi connectivity index (χ4v) is 1.98. The molecule has 0 saturated heterocycles. The van der Waals surface area contributed by atoms with Crippen LogP contribution in [0.25, 0.3) is 0 Å². The number of rotatable bonds is 5. The number of hydrogen-bond acceptors (Lipinski definition) is 2. The predicted octanol–water partition coefficient (Wildman–Crippen LogP) is 2.90. The molecule has 0 fully saturated rings. The molecule has 1 atom stereocenters. The molecule has 0 bridgehead atoms. The van der Waals surface area contributed by atoms with Crippen LogP contribution in [0.1, 0.15) is 30.9 Å². The van der Waals surface area contributed by atoms with Crippen molar-refractivity contribution in [2.45, 2.75) is 39.7 Å². The Hall–Kier alpha value is -1.02. The average Bonchev–Trinajstić information content (AvgIpc) is 2.16. The van der Waals surface area contributed by atoms with E-state index < -0.39 is 0 Å². The molecule has 2 nitrogen and oxygen atoms in total. The van der Waals surface area contributed by atoms with Gasteiger partial charge in [-0.3, -0.25) is 0 Å². The number of nitrogens with zero attached hydrogens (tertiary/aromatic N) is 1. The number of hydrogen-bond donors (Lipinski definition) is 1. The Morgan fingerprint density at radius 2 is 2.00 bits per heavy atom. The van der Waals surface area contributed by atoms with Crippen LogP contribution in [0.4, 0.5) is 5.69 Å². The second-order valence-electron chi connectivity index (χ2n) is 4.70. The zero-order chi connectivity index (χ0) is 12.1. The van der Waals surface area contributed by atoms with Crippen LogP contribution >= 0.6 is 0 Å². The first-order valence-electron chi connectivity index (χ1n) is 5.97. The van der Waals surface area contributed by atoms with E-state index in [4.69, 9.17) is 0 Å². The molecule has 1 aromatic rings. The Bertz CT molecular complexity index is 334. The molecule has 0 amide bonds. The maximum absolute atomic E-state index is 9.21. The molecule has 16 heavy (non-hydrogen) atoms. The first-order chi connectivity index (χ1) is 7.50. The number of aryl methyl sites for hydroxylation is 2. The first-order valence-corrected chi connectivity index (χ1v) is 5.97. The van der Waals surface area contributed by atoms with Crippen molar-refractivity contribution in [3.05, 3.63) is 29.3 Å². The molecule has 0 aliphatic rings. The van der Waals surface area contributed by atoms with Crippen molar-refractivity contribution in [3.8, 4) is 0 Å². The largest absolute Gasteiger partial charge is 0.393 e. The Kier molecular flexibility index (Phi) is 4.81. The van der Waals surface area contributed by atoms with Crippen molar-refractivity contribution in [2.75, 3.05) is 18.5 Å². The molecule has 0 aromatic heterocycles. The smallest absolute Gasteiger partial charge is 0.0512 e. The van der Waals surface area contributed by atoms with Gasteiger partial charge in [0.05, 0.1) is 6.10 Å². The normalized spacial score (nSPS) is 12.6. The van der Waals surface area contributed by atoms with Gasteiger partial charge in [-0.15, -0.1) is 0 Å². The number of benzene rings is 1. The van der Waals surface area contributed by atoms with Gasteiger partial charge < -0.3 is 10.0 Å². The second-order valence-corrected chi connectivity index (χ2v) is 4.70. The Morgan fingerprint density at radius 1 is 1.31 bits per heavy atom. The summed E-state index contributed by atoms with van der Waals surface area (Å²) in [6.07, 6.45) is 1.71. The lowest BCUT2D eigenvalue weighted by Gasteiger charge is -2.22. The van der Waals surface area contributed by atoms with Crippen molar-refractivity contribution < 1.29 is 5.11 Å². The highest BCUT2D eigenvalue weighted by atomic mass is 16.3. The maximum Gasteiger partial charge on any atom is 0.0512 e. The molecule has 0 heterocycles. The number of anilines is 1. The van der Waals surface area contributed by atoms with Crippen LogP contribution in [-0.4, -0.2) is 24.8 Å². The summed E-state index contributed by atoms with van der Waals surface area (Å²) >= 11 is 0. The van der Waals surface area contributed by atoms with Gasteiger partial charge in [-0.25, -0.2) is 0 Å². The molecular weight excluding hydrogens is 198 g/mol. The lowest BCUT2D eigenvalue weighted by atomic mass is 10.1. The van der Waals surface area contributed by atoms with Crippen LogP contribution < -0.4 is 4.90 Å². The van der Waals surface area contributed by atoms with E-state index in [9.17, 15) is 5.11 Å². The molecule has 0 aliphatic heterocycles. The topological polar surface area (TPSA) is 23.5 Å². The van der Waals surface area contributed by atoms with Gasteiger partial charge >= 0.3 is 0 Å². The van der Waals surface area contributed by atoms with Crippen molar-refractivity contribution in [3.63, 3.8) is 0 Å². The summed E-state index contributed by atoms with van der Waals surface area (Å²) in [6, 6.07) is 6.53. The van der Waals surface area contributed by atoms with Crippen molar-refractivity contribution in [2.24, 2.45) is 0 Å². The molecule has 1 aromatic carbocycles. The summed E-state index contributed by atoms with van der Waals surface area (Å²) < 4.78 is 0. The number of aliphatic hydroxyl groups is 1. The zero-order valence-electron chi connectivity index (χ0n) is 10.8. The fraction of sp³-hybridized carbons (Fsp3) is 0.571. The summed E-state index contributed by atoms with van der Waals surface area (Å²) in [5.41, 5.74) is 3.91. The highest BCUT2D eigenvalue weighted by Crippen LogP contribution is 2.20. The quantitative estimate of drug-likeness (QED) is 0.826. The summed E-state index contributed by atoms with van der Waals surface area (Å²) in [7, 11) is 2.11. The van der Waals surface area contributed by atoms with E-state index >= 15 is 0 Å². The first kappa shape index (κ1) is 13.0. The highest BCUT2D eigenvalue weighted by molar-refractivity contribution is 5.53. The molecule has 0 spiro atoms. The monoisotopic (exact) mass is 221 g/mol. The third-order valence-electron chi connectivity index (χ3n) is 2.88. The molecular formula is C14H23NO. The Labute approximate surface area is 98.9 Å². The molecule has 0 radical (unpaired) electrons. The molecule has 0 saturated carbocycles. The van der Waals surface area contributed by atoms with Crippen LogP contribution in [-0.2, 0) is 0 Å². The van der Waals surface area contributed by atoms with E-state index in [0.29, 0.717) is 0 Å². The van der Waals surface area contributed by atoms with Crippen LogP contribution in [0.3, 0.4) is 0 Å². The van der Waals surface area contributed by atoms with E-state index in [1.54, 1.807) is 0 Å². The van der Waals surface area contributed by atoms with Gasteiger partial charge in [0, 0.05) is 19.3 Å². The van der Waals surface area contributed by atoms with Gasteiger partial charge in [-0.1, -0.05) is 17.7 Å². The lowest BCUT2D eigenvalue weighted by molar-refractivity contribution is 0.182. The van der Waals surface area contributed by atoms with Crippen LogP contribution in [0.2, 0.25) is 0 Å². The minimum atomic E-state index is -0.187. The van der Waals surface area contributed by atoms with E-state index in [0.717, 1.165) is 19.4 Å². The van der Waals surface area contributed by atoms with Crippen LogP contribution in [0.5, 0.6) is 0 Å². The third kappa shape index (κ3) is 3.86. The molecule has 1 rings (SSSR count). The van der Waals surface area contributed by atoms with Gasteiger partial charge in [0.15, 0.2) is 0 Å². The Balaban J connectivity index is 2.55. The molecule has 90 valence electrons. The summed E-state index contributed by atoms with van der Waals surface area (Å²) in [5.74, 6) is 0. The van der Waals surface area contributed by atoms with E-state index in [1.807, 2.05) is 6.92 Å². The number of aliphatic hydroxyl groups excluding tert-OH is 1. The van der Waals surface area contributed by atoms with E-state index in [-0.39, 0.29) is 6.10 Å². The van der Waals surface area contributed by atoms with E-state index in [2.05, 4.69) is 44.0 Å². The van der Waals surface area contributed by atoms with Gasteiger partial charge in [0.25, 0.3) is 0 Å². The third-order valence-corrected chi connectivity index (χ3v) is 2.88. The predicted molar refractivity (Wildman–Crippen MR) is 70.1 cm³/mol. The van der Waals surface area contributed by atoms with Crippen molar-refractivity contribution in [1.82, 2.24) is 0 Å². The summed E-state index contributed by atoms with van der Waals surface area (Å²) in [6.45, 7) is 7.10. The van der Waals surface area contributed by atoms with Gasteiger partial charge in [-0.2, -0.15) is 0 Å². The Morgan fingerprint density at radius 3 is 2.56 bits per heavy atom. The standard InChI is InChI=1S/C14H23NO/c1-11-7-8-14(12(2)10-11)15(4)9-5-6-13(3)16/h7-8,10,13,16H,5-6,9H2,1-4H3.